The second-order valence-electron chi connectivity index (χ2n) is 0.907. The first-order valence-corrected chi connectivity index (χ1v) is 1.76. The van der Waals surface area contributed by atoms with E-state index in [0.717, 1.165) is 0 Å². The van der Waals surface area contributed by atoms with Crippen LogP contribution in [-0.2, 0) is 0 Å². The molecule has 0 aliphatic carbocycles. The van der Waals surface area contributed by atoms with Crippen LogP contribution in [0.2, 0.25) is 0 Å². The molecule has 0 aliphatic rings. The second kappa shape index (κ2) is 8.88. The van der Waals surface area contributed by atoms with Crippen molar-refractivity contribution >= 4 is 5.84 Å². The summed E-state index contributed by atoms with van der Waals surface area (Å²) < 4.78 is 0. The lowest BCUT2D eigenvalue weighted by atomic mass is 10.8. The maximum Gasteiger partial charge on any atom is 0.0873 e. The molecule has 0 atom stereocenters. The standard InChI is InChI=1S/C2H6N2.C2H3N/c1-2(3)4;1-2-3/h1H3,(H3,3,4);1H3. The van der Waals surface area contributed by atoms with Crippen LogP contribution in [0.4, 0.5) is 0 Å². The number of nitrogens with one attached hydrogen (secondary N) is 1. The van der Waals surface area contributed by atoms with Crippen molar-refractivity contribution in [2.24, 2.45) is 5.73 Å². The summed E-state index contributed by atoms with van der Waals surface area (Å²) in [6, 6.07) is 1.75. The normalized spacial score (nSPS) is 4.71. The summed E-state index contributed by atoms with van der Waals surface area (Å²) in [4.78, 5) is 0. The van der Waals surface area contributed by atoms with E-state index in [2.05, 4.69) is 0 Å². The number of nitrogens with two attached hydrogens (primary N) is 1. The Kier molecular flexibility index (Phi) is 11.9. The zero-order chi connectivity index (χ0) is 6.28. The largest absolute Gasteiger partial charge is 0.388 e. The maximum absolute atomic E-state index is 7.32. The smallest absolute Gasteiger partial charge is 0.0873 e. The molecule has 3 nitrogen and oxygen atoms in total. The minimum absolute atomic E-state index is 0.167. The molecule has 0 amide bonds. The van der Waals surface area contributed by atoms with E-state index >= 15 is 0 Å². The van der Waals surface area contributed by atoms with Gasteiger partial charge >= 0.3 is 0 Å². The lowest BCUT2D eigenvalue weighted by molar-refractivity contribution is 1.42. The van der Waals surface area contributed by atoms with Gasteiger partial charge in [-0.2, -0.15) is 5.26 Å². The van der Waals surface area contributed by atoms with Crippen molar-refractivity contribution < 1.29 is 0 Å². The molecule has 0 bridgehead atoms. The van der Waals surface area contributed by atoms with E-state index in [-0.39, 0.29) is 5.84 Å². The monoisotopic (exact) mass is 99.1 g/mol. The molecule has 0 aliphatic heterocycles. The van der Waals surface area contributed by atoms with E-state index in [1.54, 1.807) is 6.07 Å². The quantitative estimate of drug-likeness (QED) is 0.342. The minimum atomic E-state index is 0.167. The molecule has 0 saturated heterocycles. The van der Waals surface area contributed by atoms with Gasteiger partial charge in [-0.05, 0) is 6.92 Å². The van der Waals surface area contributed by atoms with E-state index in [1.807, 2.05) is 0 Å². The molecule has 0 fully saturated rings. The first-order chi connectivity index (χ1) is 3.15. The van der Waals surface area contributed by atoms with Gasteiger partial charge in [0.2, 0.25) is 0 Å². The van der Waals surface area contributed by atoms with Gasteiger partial charge in [0.05, 0.1) is 11.9 Å². The molecular formula is C4H9N3. The van der Waals surface area contributed by atoms with Gasteiger partial charge in [0.1, 0.15) is 0 Å². The highest BCUT2D eigenvalue weighted by Gasteiger charge is 1.53. The number of nitriles is 1. The number of hydrogen-bond acceptors (Lipinski definition) is 2. The first kappa shape index (κ1) is 9.35. The molecule has 40 valence electrons. The Bertz CT molecular complexity index is 75.4. The number of rotatable bonds is 0. The summed E-state index contributed by atoms with van der Waals surface area (Å²) >= 11 is 0. The third-order valence-electron chi connectivity index (χ3n) is 0. The zero-order valence-corrected chi connectivity index (χ0v) is 4.52. The van der Waals surface area contributed by atoms with E-state index in [4.69, 9.17) is 16.4 Å². The van der Waals surface area contributed by atoms with Crippen molar-refractivity contribution in [2.75, 3.05) is 0 Å². The average molecular weight is 99.1 g/mol. The van der Waals surface area contributed by atoms with Crippen molar-refractivity contribution in [3.8, 4) is 6.07 Å². The Labute approximate surface area is 43.3 Å². The Morgan fingerprint density at radius 1 is 1.86 bits per heavy atom. The van der Waals surface area contributed by atoms with Crippen molar-refractivity contribution in [3.05, 3.63) is 0 Å². The fraction of sp³-hybridized carbons (Fsp3) is 0.500. The van der Waals surface area contributed by atoms with Gasteiger partial charge in [0.15, 0.2) is 0 Å². The average Bonchev–Trinajstić information content (AvgIpc) is 1.33. The number of amidine groups is 1. The van der Waals surface area contributed by atoms with Crippen LogP contribution in [0.15, 0.2) is 0 Å². The van der Waals surface area contributed by atoms with Gasteiger partial charge < -0.3 is 5.73 Å². The zero-order valence-electron chi connectivity index (χ0n) is 4.52. The van der Waals surface area contributed by atoms with Crippen LogP contribution in [0.25, 0.3) is 0 Å². The van der Waals surface area contributed by atoms with Crippen LogP contribution >= 0.6 is 0 Å². The SMILES string of the molecule is CC#N.CC(=N)N. The molecule has 0 heterocycles. The number of hydrogen-bond donors (Lipinski definition) is 2. The summed E-state index contributed by atoms with van der Waals surface area (Å²) in [5.41, 5.74) is 4.69. The molecule has 0 aromatic carbocycles. The van der Waals surface area contributed by atoms with Crippen LogP contribution in [-0.4, -0.2) is 5.84 Å². The van der Waals surface area contributed by atoms with E-state index in [1.165, 1.54) is 13.8 Å². The highest BCUT2D eigenvalue weighted by atomic mass is 14.7. The molecule has 3 N–H and O–H groups in total. The Morgan fingerprint density at radius 2 is 1.86 bits per heavy atom. The maximum atomic E-state index is 7.32. The van der Waals surface area contributed by atoms with Gasteiger partial charge in [0, 0.05) is 6.92 Å². The molecular weight excluding hydrogens is 90.1 g/mol. The lowest BCUT2D eigenvalue weighted by Crippen LogP contribution is -2.00. The highest BCUT2D eigenvalue weighted by Crippen LogP contribution is 1.36. The summed E-state index contributed by atoms with van der Waals surface area (Å²) in [6.45, 7) is 2.96. The Hall–Kier alpha value is -1.04. The van der Waals surface area contributed by atoms with Crippen molar-refractivity contribution in [3.63, 3.8) is 0 Å². The molecule has 0 radical (unpaired) electrons. The van der Waals surface area contributed by atoms with Crippen LogP contribution in [0.3, 0.4) is 0 Å². The van der Waals surface area contributed by atoms with Gasteiger partial charge in [0.25, 0.3) is 0 Å². The molecule has 0 unspecified atom stereocenters. The third-order valence-corrected chi connectivity index (χ3v) is 0. The fourth-order valence-corrected chi connectivity index (χ4v) is 0. The van der Waals surface area contributed by atoms with Gasteiger partial charge in [-0.1, -0.05) is 0 Å². The van der Waals surface area contributed by atoms with Crippen LogP contribution in [0.5, 0.6) is 0 Å². The fourth-order valence-electron chi connectivity index (χ4n) is 0. The first-order valence-electron chi connectivity index (χ1n) is 1.76. The molecule has 0 aromatic rings. The second-order valence-corrected chi connectivity index (χ2v) is 0.907. The lowest BCUT2D eigenvalue weighted by Gasteiger charge is -1.66. The van der Waals surface area contributed by atoms with E-state index in [9.17, 15) is 0 Å². The van der Waals surface area contributed by atoms with Crippen LogP contribution < -0.4 is 5.73 Å². The van der Waals surface area contributed by atoms with Gasteiger partial charge in [-0.25, -0.2) is 0 Å². The molecule has 0 rings (SSSR count). The minimum Gasteiger partial charge on any atom is -0.388 e. The topological polar surface area (TPSA) is 73.7 Å². The molecule has 7 heavy (non-hydrogen) atoms. The summed E-state index contributed by atoms with van der Waals surface area (Å²) in [6.07, 6.45) is 0. The number of nitrogens with zero attached hydrogens (tertiary/aromatic N) is 1. The van der Waals surface area contributed by atoms with Crippen molar-refractivity contribution in [1.82, 2.24) is 0 Å². The molecule has 0 spiro atoms. The predicted molar refractivity (Wildman–Crippen MR) is 28.9 cm³/mol. The molecule has 0 saturated carbocycles. The molecule has 3 heteroatoms. The van der Waals surface area contributed by atoms with Crippen molar-refractivity contribution in [2.45, 2.75) is 13.8 Å². The summed E-state index contributed by atoms with van der Waals surface area (Å²) in [7, 11) is 0. The summed E-state index contributed by atoms with van der Waals surface area (Å²) in [5.74, 6) is 0.167. The Morgan fingerprint density at radius 3 is 1.86 bits per heavy atom. The van der Waals surface area contributed by atoms with E-state index in [0.29, 0.717) is 0 Å². The van der Waals surface area contributed by atoms with Gasteiger partial charge in [-0.3, -0.25) is 5.41 Å². The highest BCUT2D eigenvalue weighted by molar-refractivity contribution is 5.73. The third kappa shape index (κ3) is 40.2. The summed E-state index contributed by atoms with van der Waals surface area (Å²) in [5, 5.41) is 13.6. The predicted octanol–water partition coefficient (Wildman–Crippen LogP) is 0.472. The van der Waals surface area contributed by atoms with Crippen molar-refractivity contribution in [1.29, 1.82) is 10.7 Å². The van der Waals surface area contributed by atoms with Crippen LogP contribution in [0, 0.1) is 16.7 Å². The Balaban J connectivity index is 0. The van der Waals surface area contributed by atoms with Gasteiger partial charge in [-0.15, -0.1) is 0 Å². The molecule has 0 aromatic heterocycles. The van der Waals surface area contributed by atoms with E-state index < -0.39 is 0 Å². The van der Waals surface area contributed by atoms with Crippen LogP contribution in [0.1, 0.15) is 13.8 Å².